The molecule has 1 aromatic heterocycles. The number of anilines is 1. The number of nitrogens with zero attached hydrogens (tertiary/aromatic N) is 1. The maximum Gasteiger partial charge on any atom is 0.253 e. The van der Waals surface area contributed by atoms with E-state index in [1.807, 2.05) is 6.92 Å². The summed E-state index contributed by atoms with van der Waals surface area (Å²) in [6.45, 7) is 4.79. The van der Waals surface area contributed by atoms with E-state index in [1.54, 1.807) is 24.7 Å². The Morgan fingerprint density at radius 3 is 2.90 bits per heavy atom. The summed E-state index contributed by atoms with van der Waals surface area (Å²) in [6, 6.07) is 1.71. The zero-order valence-corrected chi connectivity index (χ0v) is 13.1. The fraction of sp³-hybridized carbons (Fsp3) is 0.571. The van der Waals surface area contributed by atoms with Gasteiger partial charge in [-0.1, -0.05) is 6.92 Å². The van der Waals surface area contributed by atoms with Crippen molar-refractivity contribution in [1.29, 1.82) is 0 Å². The molecule has 0 aliphatic rings. The van der Waals surface area contributed by atoms with Crippen LogP contribution in [0.1, 0.15) is 37.0 Å². The van der Waals surface area contributed by atoms with Gasteiger partial charge in [-0.3, -0.25) is 14.0 Å². The number of carbonyl (C=O) groups excluding carboxylic acids is 1. The van der Waals surface area contributed by atoms with Crippen LogP contribution in [0.4, 0.5) is 5.69 Å². The Labute approximate surface area is 123 Å². The molecule has 0 bridgehead atoms. The van der Waals surface area contributed by atoms with Crippen molar-refractivity contribution >= 4 is 22.4 Å². The molecule has 5 nitrogen and oxygen atoms in total. The van der Waals surface area contributed by atoms with Crippen molar-refractivity contribution < 1.29 is 9.00 Å². The Morgan fingerprint density at radius 1 is 1.50 bits per heavy atom. The summed E-state index contributed by atoms with van der Waals surface area (Å²) in [6.07, 6.45) is 6.63. The first-order valence-electron chi connectivity index (χ1n) is 6.83. The third-order valence-electron chi connectivity index (χ3n) is 2.85. The molecule has 2 N–H and O–H groups in total. The summed E-state index contributed by atoms with van der Waals surface area (Å²) in [5.74, 6) is 0.471. The van der Waals surface area contributed by atoms with E-state index >= 15 is 0 Å². The quantitative estimate of drug-likeness (QED) is 0.767. The second-order valence-corrected chi connectivity index (χ2v) is 6.34. The van der Waals surface area contributed by atoms with E-state index in [0.29, 0.717) is 17.7 Å². The van der Waals surface area contributed by atoms with Gasteiger partial charge in [-0.2, -0.15) is 0 Å². The molecule has 1 aromatic rings. The predicted molar refractivity (Wildman–Crippen MR) is 83.5 cm³/mol. The van der Waals surface area contributed by atoms with Gasteiger partial charge in [-0.15, -0.1) is 0 Å². The lowest BCUT2D eigenvalue weighted by molar-refractivity contribution is 0.0940. The molecule has 0 aromatic carbocycles. The molecular formula is C14H23N3O2S. The molecule has 0 saturated carbocycles. The van der Waals surface area contributed by atoms with E-state index < -0.39 is 10.8 Å². The first kappa shape index (κ1) is 16.6. The highest BCUT2D eigenvalue weighted by molar-refractivity contribution is 7.84. The first-order chi connectivity index (χ1) is 9.54. The lowest BCUT2D eigenvalue weighted by Crippen LogP contribution is -2.34. The maximum absolute atomic E-state index is 12.2. The fourth-order valence-corrected chi connectivity index (χ4v) is 2.39. The van der Waals surface area contributed by atoms with E-state index in [2.05, 4.69) is 22.5 Å². The van der Waals surface area contributed by atoms with Gasteiger partial charge in [0.15, 0.2) is 0 Å². The van der Waals surface area contributed by atoms with Gasteiger partial charge in [-0.05, 0) is 25.8 Å². The molecule has 6 heteroatoms. The molecule has 1 rings (SSSR count). The Morgan fingerprint density at radius 2 is 2.25 bits per heavy atom. The standard InChI is InChI=1S/C14H23N3O2S/c1-4-7-16-13-10-15-8-5-12(13)14(18)17-11(2)6-9-20(3)19/h5,8,10-11,16H,4,6-7,9H2,1-3H3,(H,17,18). The molecule has 0 spiro atoms. The number of aromatic nitrogens is 1. The van der Waals surface area contributed by atoms with Gasteiger partial charge in [0.1, 0.15) is 0 Å². The van der Waals surface area contributed by atoms with Crippen LogP contribution in [-0.2, 0) is 10.8 Å². The predicted octanol–water partition coefficient (Wildman–Crippen LogP) is 1.79. The largest absolute Gasteiger partial charge is 0.383 e. The number of hydrogen-bond acceptors (Lipinski definition) is 4. The molecule has 20 heavy (non-hydrogen) atoms. The Balaban J connectivity index is 2.64. The minimum Gasteiger partial charge on any atom is -0.383 e. The Kier molecular flexibility index (Phi) is 7.22. The molecule has 112 valence electrons. The van der Waals surface area contributed by atoms with Gasteiger partial charge < -0.3 is 10.6 Å². The van der Waals surface area contributed by atoms with Crippen LogP contribution in [0.5, 0.6) is 0 Å². The Bertz CT molecular complexity index is 465. The van der Waals surface area contributed by atoms with Crippen LogP contribution in [0, 0.1) is 0 Å². The van der Waals surface area contributed by atoms with Crippen LogP contribution in [-0.4, -0.2) is 39.7 Å². The molecule has 1 heterocycles. The molecule has 2 atom stereocenters. The highest BCUT2D eigenvalue weighted by Crippen LogP contribution is 2.13. The molecule has 0 aliphatic carbocycles. The van der Waals surface area contributed by atoms with Crippen molar-refractivity contribution in [2.45, 2.75) is 32.7 Å². The summed E-state index contributed by atoms with van der Waals surface area (Å²) >= 11 is 0. The minimum absolute atomic E-state index is 0.00131. The van der Waals surface area contributed by atoms with Crippen molar-refractivity contribution in [1.82, 2.24) is 10.3 Å². The van der Waals surface area contributed by atoms with Crippen molar-refractivity contribution in [3.05, 3.63) is 24.0 Å². The average molecular weight is 297 g/mol. The lowest BCUT2D eigenvalue weighted by Gasteiger charge is -2.15. The number of carbonyl (C=O) groups is 1. The topological polar surface area (TPSA) is 71.1 Å². The normalized spacial score (nSPS) is 13.6. The fourth-order valence-electron chi connectivity index (χ4n) is 1.71. The highest BCUT2D eigenvalue weighted by atomic mass is 32.2. The molecular weight excluding hydrogens is 274 g/mol. The van der Waals surface area contributed by atoms with E-state index in [-0.39, 0.29) is 11.9 Å². The third-order valence-corrected chi connectivity index (χ3v) is 3.66. The van der Waals surface area contributed by atoms with Crippen LogP contribution >= 0.6 is 0 Å². The second-order valence-electron chi connectivity index (χ2n) is 4.79. The smallest absolute Gasteiger partial charge is 0.253 e. The molecule has 0 fully saturated rings. The van der Waals surface area contributed by atoms with Crippen molar-refractivity contribution in [2.24, 2.45) is 0 Å². The molecule has 2 unspecified atom stereocenters. The molecule has 0 radical (unpaired) electrons. The van der Waals surface area contributed by atoms with E-state index in [9.17, 15) is 9.00 Å². The third kappa shape index (κ3) is 5.69. The van der Waals surface area contributed by atoms with E-state index in [4.69, 9.17) is 0 Å². The van der Waals surface area contributed by atoms with Gasteiger partial charge in [-0.25, -0.2) is 0 Å². The number of amides is 1. The van der Waals surface area contributed by atoms with Gasteiger partial charge in [0.2, 0.25) is 0 Å². The maximum atomic E-state index is 12.2. The summed E-state index contributed by atoms with van der Waals surface area (Å²) in [5, 5.41) is 6.12. The molecule has 0 saturated heterocycles. The molecule has 0 aliphatic heterocycles. The van der Waals surface area contributed by atoms with Crippen LogP contribution in [0.15, 0.2) is 18.5 Å². The van der Waals surface area contributed by atoms with Gasteiger partial charge >= 0.3 is 0 Å². The molecule has 1 amide bonds. The van der Waals surface area contributed by atoms with Crippen LogP contribution in [0.2, 0.25) is 0 Å². The van der Waals surface area contributed by atoms with Gasteiger partial charge in [0.05, 0.1) is 17.4 Å². The van der Waals surface area contributed by atoms with E-state index in [0.717, 1.165) is 18.7 Å². The van der Waals surface area contributed by atoms with Crippen molar-refractivity contribution in [3.63, 3.8) is 0 Å². The van der Waals surface area contributed by atoms with Crippen molar-refractivity contribution in [3.8, 4) is 0 Å². The zero-order valence-electron chi connectivity index (χ0n) is 12.3. The Hall–Kier alpha value is -1.43. The number of nitrogens with one attached hydrogen (secondary N) is 2. The summed E-state index contributed by atoms with van der Waals surface area (Å²) in [4.78, 5) is 16.3. The number of hydrogen-bond donors (Lipinski definition) is 2. The zero-order chi connectivity index (χ0) is 15.0. The average Bonchev–Trinajstić information content (AvgIpc) is 2.43. The lowest BCUT2D eigenvalue weighted by atomic mass is 10.2. The summed E-state index contributed by atoms with van der Waals surface area (Å²) in [7, 11) is -0.828. The van der Waals surface area contributed by atoms with Gasteiger partial charge in [0, 0.05) is 41.6 Å². The summed E-state index contributed by atoms with van der Waals surface area (Å²) in [5.41, 5.74) is 1.34. The number of pyridine rings is 1. The summed E-state index contributed by atoms with van der Waals surface area (Å²) < 4.78 is 11.1. The number of rotatable bonds is 8. The van der Waals surface area contributed by atoms with Crippen molar-refractivity contribution in [2.75, 3.05) is 23.9 Å². The van der Waals surface area contributed by atoms with Crippen LogP contribution < -0.4 is 10.6 Å². The van der Waals surface area contributed by atoms with Gasteiger partial charge in [0.25, 0.3) is 5.91 Å². The second kappa shape index (κ2) is 8.68. The SMILES string of the molecule is CCCNc1cnccc1C(=O)NC(C)CCS(C)=O. The first-order valence-corrected chi connectivity index (χ1v) is 8.56. The monoisotopic (exact) mass is 297 g/mol. The van der Waals surface area contributed by atoms with Crippen LogP contribution in [0.3, 0.4) is 0 Å². The highest BCUT2D eigenvalue weighted by Gasteiger charge is 2.13. The minimum atomic E-state index is -0.828. The van der Waals surface area contributed by atoms with Crippen LogP contribution in [0.25, 0.3) is 0 Å². The van der Waals surface area contributed by atoms with E-state index in [1.165, 1.54) is 0 Å².